The minimum absolute atomic E-state index is 0.323. The van der Waals surface area contributed by atoms with Gasteiger partial charge in [0, 0.05) is 0 Å². The highest BCUT2D eigenvalue weighted by Gasteiger charge is 2.18. The summed E-state index contributed by atoms with van der Waals surface area (Å²) in [6, 6.07) is 4.02. The van der Waals surface area contributed by atoms with Crippen molar-refractivity contribution in [1.29, 1.82) is 0 Å². The zero-order valence-corrected chi connectivity index (χ0v) is 9.56. The van der Waals surface area contributed by atoms with Crippen LogP contribution in [0.2, 0.25) is 0 Å². The number of hydrogen-bond donors (Lipinski definition) is 1. The van der Waals surface area contributed by atoms with Gasteiger partial charge in [-0.25, -0.2) is 0 Å². The lowest BCUT2D eigenvalue weighted by Crippen LogP contribution is -2.10. The third kappa shape index (κ3) is 1.72. The van der Waals surface area contributed by atoms with Crippen molar-refractivity contribution in [3.05, 3.63) is 22.2 Å². The second-order valence-corrected chi connectivity index (χ2v) is 3.92. The lowest BCUT2D eigenvalue weighted by atomic mass is 10.1. The molecule has 0 spiro atoms. The maximum absolute atomic E-state index is 5.36. The first-order valence-electron chi connectivity index (χ1n) is 4.54. The molecule has 0 atom stereocenters. The van der Waals surface area contributed by atoms with Gasteiger partial charge in [0.05, 0.1) is 4.47 Å². The molecule has 1 heterocycles. The van der Waals surface area contributed by atoms with Crippen molar-refractivity contribution in [1.82, 2.24) is 5.32 Å². The minimum atomic E-state index is 0.323. The number of likely N-dealkylation sites (N-methyl/N-ethyl adjacent to an activating group) is 1. The van der Waals surface area contributed by atoms with Crippen LogP contribution < -0.4 is 14.8 Å². The van der Waals surface area contributed by atoms with Crippen molar-refractivity contribution in [2.24, 2.45) is 0 Å². The molecule has 0 fully saturated rings. The van der Waals surface area contributed by atoms with Gasteiger partial charge >= 0.3 is 0 Å². The molecule has 0 aliphatic carbocycles. The molecule has 76 valence electrons. The molecule has 1 aromatic rings. The fraction of sp³-hybridized carbons (Fsp3) is 0.400. The molecule has 1 aliphatic heterocycles. The van der Waals surface area contributed by atoms with Crippen LogP contribution in [0.3, 0.4) is 0 Å². The number of hydrogen-bond acceptors (Lipinski definition) is 3. The summed E-state index contributed by atoms with van der Waals surface area (Å²) in [7, 11) is 1.95. The lowest BCUT2D eigenvalue weighted by molar-refractivity contribution is 0.173. The molecule has 2 rings (SSSR count). The molecule has 1 N–H and O–H groups in total. The van der Waals surface area contributed by atoms with E-state index in [1.165, 1.54) is 5.56 Å². The number of fused-ring (bicyclic) bond motifs is 1. The highest BCUT2D eigenvalue weighted by molar-refractivity contribution is 9.10. The Balaban J connectivity index is 2.26. The second-order valence-electron chi connectivity index (χ2n) is 3.13. The van der Waals surface area contributed by atoms with Gasteiger partial charge in [0.25, 0.3) is 0 Å². The summed E-state index contributed by atoms with van der Waals surface area (Å²) in [5.74, 6) is 1.66. The van der Waals surface area contributed by atoms with Crippen molar-refractivity contribution in [3.63, 3.8) is 0 Å². The summed E-state index contributed by atoms with van der Waals surface area (Å²) in [5, 5.41) is 3.12. The van der Waals surface area contributed by atoms with Gasteiger partial charge in [-0.15, -0.1) is 0 Å². The fourth-order valence-electron chi connectivity index (χ4n) is 1.43. The van der Waals surface area contributed by atoms with E-state index in [2.05, 4.69) is 27.3 Å². The summed E-state index contributed by atoms with van der Waals surface area (Å²) in [6.45, 7) is 1.28. The molecule has 1 aliphatic rings. The van der Waals surface area contributed by atoms with Crippen LogP contribution in [0.25, 0.3) is 0 Å². The summed E-state index contributed by atoms with van der Waals surface area (Å²) in [6.07, 6.45) is 0.980. The quantitative estimate of drug-likeness (QED) is 0.898. The molecular weight excluding hydrogens is 246 g/mol. The van der Waals surface area contributed by atoms with E-state index in [0.29, 0.717) is 6.79 Å². The Morgan fingerprint density at radius 3 is 3.07 bits per heavy atom. The molecule has 0 bridgehead atoms. The van der Waals surface area contributed by atoms with Crippen LogP contribution in [0.4, 0.5) is 0 Å². The third-order valence-corrected chi connectivity index (χ3v) is 3.07. The molecule has 0 saturated carbocycles. The normalized spacial score (nSPS) is 13.3. The third-order valence-electron chi connectivity index (χ3n) is 2.20. The number of rotatable bonds is 3. The van der Waals surface area contributed by atoms with Crippen molar-refractivity contribution in [3.8, 4) is 11.5 Å². The van der Waals surface area contributed by atoms with Crippen LogP contribution in [-0.4, -0.2) is 20.4 Å². The van der Waals surface area contributed by atoms with Gasteiger partial charge in [-0.2, -0.15) is 0 Å². The first-order chi connectivity index (χ1) is 6.83. The van der Waals surface area contributed by atoms with E-state index in [1.54, 1.807) is 0 Å². The summed E-state index contributed by atoms with van der Waals surface area (Å²) in [5.41, 5.74) is 1.24. The first-order valence-corrected chi connectivity index (χ1v) is 5.34. The number of ether oxygens (including phenoxy) is 2. The molecule has 0 radical (unpaired) electrons. The van der Waals surface area contributed by atoms with Crippen molar-refractivity contribution < 1.29 is 9.47 Å². The van der Waals surface area contributed by atoms with Crippen LogP contribution in [0.5, 0.6) is 11.5 Å². The molecule has 0 saturated heterocycles. The van der Waals surface area contributed by atoms with Crippen molar-refractivity contribution in [2.75, 3.05) is 20.4 Å². The minimum Gasteiger partial charge on any atom is -0.454 e. The Kier molecular flexibility index (Phi) is 2.93. The van der Waals surface area contributed by atoms with Crippen LogP contribution >= 0.6 is 15.9 Å². The highest BCUT2D eigenvalue weighted by Crippen LogP contribution is 2.40. The Hall–Kier alpha value is -0.740. The maximum Gasteiger partial charge on any atom is 0.231 e. The average molecular weight is 258 g/mol. The van der Waals surface area contributed by atoms with Crippen molar-refractivity contribution in [2.45, 2.75) is 6.42 Å². The lowest BCUT2D eigenvalue weighted by Gasteiger charge is -2.06. The Labute approximate surface area is 91.5 Å². The molecule has 14 heavy (non-hydrogen) atoms. The molecule has 4 heteroatoms. The van der Waals surface area contributed by atoms with E-state index < -0.39 is 0 Å². The zero-order chi connectivity index (χ0) is 9.97. The number of halogens is 1. The number of benzene rings is 1. The standard InChI is InChI=1S/C10H12BrNO2/c1-12-5-4-7-2-3-8-10(9(7)11)14-6-13-8/h2-3,12H,4-6H2,1H3. The topological polar surface area (TPSA) is 30.5 Å². The fourth-order valence-corrected chi connectivity index (χ4v) is 2.07. The van der Waals surface area contributed by atoms with Gasteiger partial charge in [0.2, 0.25) is 6.79 Å². The maximum atomic E-state index is 5.36. The summed E-state index contributed by atoms with van der Waals surface area (Å²) in [4.78, 5) is 0. The predicted molar refractivity (Wildman–Crippen MR) is 57.9 cm³/mol. The molecule has 1 aromatic carbocycles. The van der Waals surface area contributed by atoms with Crippen LogP contribution in [0, 0.1) is 0 Å². The zero-order valence-electron chi connectivity index (χ0n) is 7.97. The predicted octanol–water partition coefficient (Wildman–Crippen LogP) is 1.94. The van der Waals surface area contributed by atoms with Gasteiger partial charge in [-0.3, -0.25) is 0 Å². The molecule has 0 aromatic heterocycles. The van der Waals surface area contributed by atoms with Gasteiger partial charge in [-0.05, 0) is 47.6 Å². The highest BCUT2D eigenvalue weighted by atomic mass is 79.9. The smallest absolute Gasteiger partial charge is 0.231 e. The Morgan fingerprint density at radius 1 is 1.43 bits per heavy atom. The number of nitrogens with one attached hydrogen (secondary N) is 1. The van der Waals surface area contributed by atoms with Crippen molar-refractivity contribution >= 4 is 15.9 Å². The van der Waals surface area contributed by atoms with E-state index in [0.717, 1.165) is 28.9 Å². The molecule has 3 nitrogen and oxygen atoms in total. The van der Waals surface area contributed by atoms with E-state index >= 15 is 0 Å². The summed E-state index contributed by atoms with van der Waals surface area (Å²) >= 11 is 3.53. The van der Waals surface area contributed by atoms with Crippen LogP contribution in [0.15, 0.2) is 16.6 Å². The SMILES string of the molecule is CNCCc1ccc2c(c1Br)OCO2. The van der Waals surface area contributed by atoms with Crippen LogP contribution in [-0.2, 0) is 6.42 Å². The molecule has 0 unspecified atom stereocenters. The first kappa shape index (κ1) is 9.80. The second kappa shape index (κ2) is 4.19. The monoisotopic (exact) mass is 257 g/mol. The Bertz CT molecular complexity index is 341. The van der Waals surface area contributed by atoms with E-state index in [9.17, 15) is 0 Å². The molecule has 0 amide bonds. The van der Waals surface area contributed by atoms with E-state index in [-0.39, 0.29) is 0 Å². The van der Waals surface area contributed by atoms with Crippen LogP contribution in [0.1, 0.15) is 5.56 Å². The van der Waals surface area contributed by atoms with E-state index in [1.807, 2.05) is 13.1 Å². The summed E-state index contributed by atoms with van der Waals surface area (Å²) < 4.78 is 11.6. The van der Waals surface area contributed by atoms with E-state index in [4.69, 9.17) is 9.47 Å². The molecular formula is C10H12BrNO2. The largest absolute Gasteiger partial charge is 0.454 e. The van der Waals surface area contributed by atoms with Gasteiger partial charge < -0.3 is 14.8 Å². The Morgan fingerprint density at radius 2 is 2.29 bits per heavy atom. The van der Waals surface area contributed by atoms with Gasteiger partial charge in [-0.1, -0.05) is 6.07 Å². The van der Waals surface area contributed by atoms with Gasteiger partial charge in [0.15, 0.2) is 11.5 Å². The van der Waals surface area contributed by atoms with Gasteiger partial charge in [0.1, 0.15) is 0 Å². The average Bonchev–Trinajstić information content (AvgIpc) is 2.66.